The molecule has 0 bridgehead atoms. The highest BCUT2D eigenvalue weighted by Gasteiger charge is 2.14. The molecule has 24 heavy (non-hydrogen) atoms. The SMILES string of the molecule is C=CCn1c(=O)n(C)c2nc(-c3cc(CC)ccc3C#N)ccc21. The maximum absolute atomic E-state index is 12.3. The molecule has 5 nitrogen and oxygen atoms in total. The van der Waals surface area contributed by atoms with Gasteiger partial charge in [0.1, 0.15) is 0 Å². The molecule has 0 unspecified atom stereocenters. The lowest BCUT2D eigenvalue weighted by Gasteiger charge is -2.07. The minimum absolute atomic E-state index is 0.127. The van der Waals surface area contributed by atoms with Crippen LogP contribution in [-0.2, 0) is 20.0 Å². The second-order valence-electron chi connectivity index (χ2n) is 5.63. The van der Waals surface area contributed by atoms with Crippen molar-refractivity contribution in [3.8, 4) is 17.3 Å². The largest absolute Gasteiger partial charge is 0.330 e. The van der Waals surface area contributed by atoms with Gasteiger partial charge in [-0.15, -0.1) is 6.58 Å². The van der Waals surface area contributed by atoms with Gasteiger partial charge in [-0.2, -0.15) is 5.26 Å². The molecule has 0 amide bonds. The molecular formula is C19H18N4O. The number of allylic oxidation sites excluding steroid dienone is 1. The maximum Gasteiger partial charge on any atom is 0.330 e. The van der Waals surface area contributed by atoms with Crippen LogP contribution < -0.4 is 5.69 Å². The molecule has 0 aliphatic heterocycles. The summed E-state index contributed by atoms with van der Waals surface area (Å²) in [7, 11) is 1.70. The summed E-state index contributed by atoms with van der Waals surface area (Å²) in [5, 5.41) is 9.38. The second-order valence-corrected chi connectivity index (χ2v) is 5.63. The van der Waals surface area contributed by atoms with E-state index in [-0.39, 0.29) is 5.69 Å². The van der Waals surface area contributed by atoms with Gasteiger partial charge in [-0.3, -0.25) is 9.13 Å². The van der Waals surface area contributed by atoms with Gasteiger partial charge in [-0.05, 0) is 36.2 Å². The van der Waals surface area contributed by atoms with Crippen LogP contribution in [0, 0.1) is 11.3 Å². The summed E-state index contributed by atoms with van der Waals surface area (Å²) in [6.07, 6.45) is 2.57. The smallest absolute Gasteiger partial charge is 0.286 e. The molecule has 0 fully saturated rings. The fourth-order valence-corrected chi connectivity index (χ4v) is 2.85. The highest BCUT2D eigenvalue weighted by atomic mass is 16.1. The van der Waals surface area contributed by atoms with E-state index in [2.05, 4.69) is 24.6 Å². The number of aryl methyl sites for hydroxylation is 2. The van der Waals surface area contributed by atoms with Crippen molar-refractivity contribution in [1.82, 2.24) is 14.1 Å². The molecule has 0 radical (unpaired) electrons. The summed E-state index contributed by atoms with van der Waals surface area (Å²) < 4.78 is 3.16. The molecule has 0 saturated carbocycles. The van der Waals surface area contributed by atoms with Crippen LogP contribution in [0.5, 0.6) is 0 Å². The van der Waals surface area contributed by atoms with E-state index in [4.69, 9.17) is 0 Å². The van der Waals surface area contributed by atoms with E-state index in [1.54, 1.807) is 17.7 Å². The Bertz CT molecular complexity index is 1030. The van der Waals surface area contributed by atoms with Gasteiger partial charge in [-0.1, -0.05) is 19.1 Å². The molecule has 3 rings (SSSR count). The van der Waals surface area contributed by atoms with E-state index in [1.165, 1.54) is 4.57 Å². The number of rotatable bonds is 4. The summed E-state index contributed by atoms with van der Waals surface area (Å²) in [5.41, 5.74) is 4.45. The molecular weight excluding hydrogens is 300 g/mol. The molecule has 0 atom stereocenters. The summed E-state index contributed by atoms with van der Waals surface area (Å²) in [6.45, 7) is 6.20. The lowest BCUT2D eigenvalue weighted by molar-refractivity contribution is 0.748. The van der Waals surface area contributed by atoms with Crippen molar-refractivity contribution in [2.45, 2.75) is 19.9 Å². The van der Waals surface area contributed by atoms with Gasteiger partial charge in [0.05, 0.1) is 22.8 Å². The van der Waals surface area contributed by atoms with Crippen LogP contribution in [-0.4, -0.2) is 14.1 Å². The molecule has 0 saturated heterocycles. The number of benzene rings is 1. The Morgan fingerprint density at radius 3 is 2.79 bits per heavy atom. The number of aromatic nitrogens is 3. The van der Waals surface area contributed by atoms with E-state index in [9.17, 15) is 10.1 Å². The van der Waals surface area contributed by atoms with E-state index in [0.29, 0.717) is 23.4 Å². The number of fused-ring (bicyclic) bond motifs is 1. The first-order valence-corrected chi connectivity index (χ1v) is 7.81. The minimum Gasteiger partial charge on any atom is -0.286 e. The average molecular weight is 318 g/mol. The maximum atomic E-state index is 12.3. The molecule has 3 aromatic rings. The quantitative estimate of drug-likeness (QED) is 0.695. The fourth-order valence-electron chi connectivity index (χ4n) is 2.85. The van der Waals surface area contributed by atoms with Gasteiger partial charge in [0.25, 0.3) is 0 Å². The Morgan fingerprint density at radius 1 is 1.33 bits per heavy atom. The zero-order chi connectivity index (χ0) is 17.3. The lowest BCUT2D eigenvalue weighted by atomic mass is 10.0. The van der Waals surface area contributed by atoms with Crippen LogP contribution in [0.25, 0.3) is 22.4 Å². The van der Waals surface area contributed by atoms with Crippen LogP contribution in [0.15, 0.2) is 47.8 Å². The van der Waals surface area contributed by atoms with E-state index >= 15 is 0 Å². The third-order valence-corrected chi connectivity index (χ3v) is 4.18. The van der Waals surface area contributed by atoms with Gasteiger partial charge >= 0.3 is 5.69 Å². The number of nitriles is 1. The van der Waals surface area contributed by atoms with E-state index in [1.807, 2.05) is 30.3 Å². The number of nitrogens with zero attached hydrogens (tertiary/aromatic N) is 4. The van der Waals surface area contributed by atoms with Crippen LogP contribution in [0.1, 0.15) is 18.1 Å². The third kappa shape index (κ3) is 2.42. The van der Waals surface area contributed by atoms with Crippen molar-refractivity contribution in [2.75, 3.05) is 0 Å². The van der Waals surface area contributed by atoms with Crippen molar-refractivity contribution >= 4 is 11.2 Å². The first kappa shape index (κ1) is 15.8. The highest BCUT2D eigenvalue weighted by molar-refractivity contribution is 5.78. The third-order valence-electron chi connectivity index (χ3n) is 4.18. The summed E-state index contributed by atoms with van der Waals surface area (Å²) >= 11 is 0. The van der Waals surface area contributed by atoms with Gasteiger partial charge in [-0.25, -0.2) is 9.78 Å². The Hall–Kier alpha value is -3.13. The predicted molar refractivity (Wildman–Crippen MR) is 94.7 cm³/mol. The molecule has 0 spiro atoms. The molecule has 2 heterocycles. The molecule has 0 N–H and O–H groups in total. The first-order chi connectivity index (χ1) is 11.6. The average Bonchev–Trinajstić information content (AvgIpc) is 2.86. The van der Waals surface area contributed by atoms with Crippen molar-refractivity contribution in [3.05, 3.63) is 64.6 Å². The topological polar surface area (TPSA) is 63.6 Å². The van der Waals surface area contributed by atoms with Crippen LogP contribution in [0.4, 0.5) is 0 Å². The Morgan fingerprint density at radius 2 is 2.12 bits per heavy atom. The number of pyridine rings is 1. The molecule has 1 aromatic carbocycles. The van der Waals surface area contributed by atoms with Crippen LogP contribution in [0.2, 0.25) is 0 Å². The van der Waals surface area contributed by atoms with Crippen molar-refractivity contribution in [2.24, 2.45) is 7.05 Å². The van der Waals surface area contributed by atoms with Crippen molar-refractivity contribution in [1.29, 1.82) is 5.26 Å². The Balaban J connectivity index is 2.27. The minimum atomic E-state index is -0.127. The normalized spacial score (nSPS) is 10.7. The van der Waals surface area contributed by atoms with Crippen LogP contribution in [0.3, 0.4) is 0 Å². The summed E-state index contributed by atoms with van der Waals surface area (Å²) in [4.78, 5) is 17.0. The first-order valence-electron chi connectivity index (χ1n) is 7.81. The molecule has 0 aliphatic carbocycles. The molecule has 2 aromatic heterocycles. The summed E-state index contributed by atoms with van der Waals surface area (Å²) in [5.74, 6) is 0. The van der Waals surface area contributed by atoms with E-state index < -0.39 is 0 Å². The zero-order valence-corrected chi connectivity index (χ0v) is 13.8. The van der Waals surface area contributed by atoms with Crippen molar-refractivity contribution in [3.63, 3.8) is 0 Å². The predicted octanol–water partition coefficient (Wildman–Crippen LogP) is 3.02. The molecule has 0 aliphatic rings. The number of imidazole rings is 1. The monoisotopic (exact) mass is 318 g/mol. The van der Waals surface area contributed by atoms with Crippen LogP contribution >= 0.6 is 0 Å². The van der Waals surface area contributed by atoms with Crippen molar-refractivity contribution < 1.29 is 0 Å². The lowest BCUT2D eigenvalue weighted by Crippen LogP contribution is -2.21. The second kappa shape index (κ2) is 6.17. The van der Waals surface area contributed by atoms with E-state index in [0.717, 1.165) is 23.1 Å². The Kier molecular flexibility index (Phi) is 4.05. The Labute approximate surface area is 140 Å². The zero-order valence-electron chi connectivity index (χ0n) is 13.8. The highest BCUT2D eigenvalue weighted by Crippen LogP contribution is 2.25. The number of hydrogen-bond donors (Lipinski definition) is 0. The van der Waals surface area contributed by atoms with Gasteiger partial charge in [0.15, 0.2) is 5.65 Å². The van der Waals surface area contributed by atoms with Gasteiger partial charge in [0, 0.05) is 19.2 Å². The fraction of sp³-hybridized carbons (Fsp3) is 0.211. The summed E-state index contributed by atoms with van der Waals surface area (Å²) in [6, 6.07) is 11.7. The van der Waals surface area contributed by atoms with Gasteiger partial charge < -0.3 is 0 Å². The standard InChI is InChI=1S/C19H18N4O/c1-4-10-23-17-9-8-16(21-18(17)22(3)19(23)24)15-11-13(5-2)6-7-14(15)12-20/h4,6-9,11H,1,5,10H2,2-3H3. The van der Waals surface area contributed by atoms with Gasteiger partial charge in [0.2, 0.25) is 0 Å². The number of hydrogen-bond acceptors (Lipinski definition) is 3. The molecule has 120 valence electrons. The molecule has 5 heteroatoms.